The number of para-hydroxylation sites is 1. The number of anilines is 4. The zero-order valence-corrected chi connectivity index (χ0v) is 21.5. The van der Waals surface area contributed by atoms with Crippen LogP contribution in [0, 0.1) is 0 Å². The number of nitrogens with one attached hydrogen (secondary N) is 2. The van der Waals surface area contributed by atoms with Gasteiger partial charge in [0.2, 0.25) is 5.95 Å². The van der Waals surface area contributed by atoms with Crippen LogP contribution in [-0.4, -0.2) is 68.1 Å². The molecule has 2 aliphatic heterocycles. The summed E-state index contributed by atoms with van der Waals surface area (Å²) in [7, 11) is 1.67. The Balaban J connectivity index is 1.35. The lowest BCUT2D eigenvalue weighted by atomic mass is 10.00. The standard InChI is InChI=1S/C27H33N7OS/c1-35-18-12-28-27(36)31-26-29-24(33-16-14-32(15-17-33)23-9-3-2-4-10-23)19-25(30-26)34-13-11-21-7-5-6-8-22(21)20-34/h2-10,19H,11-18,20H2,1H3,(H2,28,29,30,31,36). The molecule has 0 spiro atoms. The third kappa shape index (κ3) is 5.85. The van der Waals surface area contributed by atoms with Gasteiger partial charge >= 0.3 is 0 Å². The van der Waals surface area contributed by atoms with Gasteiger partial charge in [0.1, 0.15) is 11.6 Å². The summed E-state index contributed by atoms with van der Waals surface area (Å²) in [5, 5.41) is 6.83. The lowest BCUT2D eigenvalue weighted by molar-refractivity contribution is 0.204. The van der Waals surface area contributed by atoms with Gasteiger partial charge in [-0.1, -0.05) is 42.5 Å². The van der Waals surface area contributed by atoms with Crippen LogP contribution >= 0.6 is 12.2 Å². The van der Waals surface area contributed by atoms with Gasteiger partial charge in [-0.2, -0.15) is 9.97 Å². The van der Waals surface area contributed by atoms with Crippen LogP contribution in [0.5, 0.6) is 0 Å². The molecule has 1 aromatic heterocycles. The Kier molecular flexibility index (Phi) is 7.78. The van der Waals surface area contributed by atoms with Gasteiger partial charge in [0.25, 0.3) is 0 Å². The van der Waals surface area contributed by atoms with Crippen molar-refractivity contribution in [3.63, 3.8) is 0 Å². The monoisotopic (exact) mass is 503 g/mol. The van der Waals surface area contributed by atoms with E-state index in [1.54, 1.807) is 7.11 Å². The molecule has 2 N–H and O–H groups in total. The Bertz CT molecular complexity index is 1170. The Hall–Kier alpha value is -3.43. The van der Waals surface area contributed by atoms with Crippen molar-refractivity contribution >= 4 is 40.6 Å². The van der Waals surface area contributed by atoms with E-state index in [4.69, 9.17) is 26.9 Å². The second kappa shape index (κ2) is 11.5. The van der Waals surface area contributed by atoms with E-state index >= 15 is 0 Å². The highest BCUT2D eigenvalue weighted by molar-refractivity contribution is 7.80. The van der Waals surface area contributed by atoms with E-state index in [0.717, 1.165) is 57.3 Å². The predicted molar refractivity (Wildman–Crippen MR) is 150 cm³/mol. The molecule has 2 aliphatic rings. The number of ether oxygens (including phenoxy) is 1. The van der Waals surface area contributed by atoms with Crippen molar-refractivity contribution < 1.29 is 4.74 Å². The average molecular weight is 504 g/mol. The fraction of sp³-hybridized carbons (Fsp3) is 0.370. The van der Waals surface area contributed by atoms with Crippen molar-refractivity contribution in [3.05, 3.63) is 71.8 Å². The molecule has 36 heavy (non-hydrogen) atoms. The number of piperazine rings is 1. The van der Waals surface area contributed by atoms with Gasteiger partial charge in [-0.25, -0.2) is 0 Å². The second-order valence-electron chi connectivity index (χ2n) is 9.03. The first kappa shape index (κ1) is 24.3. The van der Waals surface area contributed by atoms with Crippen molar-refractivity contribution in [1.82, 2.24) is 15.3 Å². The number of benzene rings is 2. The molecule has 0 amide bonds. The summed E-state index contributed by atoms with van der Waals surface area (Å²) in [6.45, 7) is 6.64. The summed E-state index contributed by atoms with van der Waals surface area (Å²) < 4.78 is 5.11. The van der Waals surface area contributed by atoms with E-state index < -0.39 is 0 Å². The van der Waals surface area contributed by atoms with Gasteiger partial charge in [-0.15, -0.1) is 0 Å². The van der Waals surface area contributed by atoms with Gasteiger partial charge < -0.3 is 30.1 Å². The second-order valence-corrected chi connectivity index (χ2v) is 9.44. The van der Waals surface area contributed by atoms with Crippen LogP contribution in [0.4, 0.5) is 23.3 Å². The number of rotatable bonds is 7. The number of hydrogen-bond donors (Lipinski definition) is 2. The fourth-order valence-electron chi connectivity index (χ4n) is 4.74. The van der Waals surface area contributed by atoms with E-state index in [2.05, 4.69) is 86.0 Å². The van der Waals surface area contributed by atoms with Crippen molar-refractivity contribution in [1.29, 1.82) is 0 Å². The fourth-order valence-corrected chi connectivity index (χ4v) is 4.93. The minimum atomic E-state index is 0.494. The molecule has 3 heterocycles. The van der Waals surface area contributed by atoms with E-state index in [0.29, 0.717) is 24.2 Å². The van der Waals surface area contributed by atoms with Crippen molar-refractivity contribution in [2.75, 3.05) is 73.0 Å². The number of nitrogens with zero attached hydrogens (tertiary/aromatic N) is 5. The summed E-state index contributed by atoms with van der Waals surface area (Å²) >= 11 is 5.48. The number of thiocarbonyl (C=S) groups is 1. The number of methoxy groups -OCH3 is 1. The number of fused-ring (bicyclic) bond motifs is 1. The van der Waals surface area contributed by atoms with Gasteiger partial charge in [0, 0.05) is 64.7 Å². The van der Waals surface area contributed by atoms with Crippen LogP contribution in [-0.2, 0) is 17.7 Å². The molecular formula is C27H33N7OS. The van der Waals surface area contributed by atoms with E-state index in [1.807, 2.05) is 0 Å². The molecule has 0 atom stereocenters. The Morgan fingerprint density at radius 2 is 1.53 bits per heavy atom. The van der Waals surface area contributed by atoms with Crippen LogP contribution in [0.25, 0.3) is 0 Å². The Morgan fingerprint density at radius 1 is 0.861 bits per heavy atom. The molecule has 0 bridgehead atoms. The zero-order valence-electron chi connectivity index (χ0n) is 20.7. The maximum atomic E-state index is 5.48. The summed E-state index contributed by atoms with van der Waals surface area (Å²) in [5.74, 6) is 2.36. The molecule has 0 aliphatic carbocycles. The zero-order chi connectivity index (χ0) is 24.7. The van der Waals surface area contributed by atoms with Crippen molar-refractivity contribution in [2.24, 2.45) is 0 Å². The van der Waals surface area contributed by atoms with Gasteiger partial charge in [0.05, 0.1) is 6.61 Å². The summed E-state index contributed by atoms with van der Waals surface area (Å²) in [6.07, 6.45) is 1.00. The van der Waals surface area contributed by atoms with Crippen molar-refractivity contribution in [3.8, 4) is 0 Å². The predicted octanol–water partition coefficient (Wildman–Crippen LogP) is 3.30. The van der Waals surface area contributed by atoms with Crippen LogP contribution in [0.3, 0.4) is 0 Å². The normalized spacial score (nSPS) is 15.4. The number of aromatic nitrogens is 2. The molecule has 0 unspecified atom stereocenters. The van der Waals surface area contributed by atoms with E-state index in [1.165, 1.54) is 16.8 Å². The molecule has 2 aromatic carbocycles. The molecule has 1 fully saturated rings. The molecule has 5 rings (SSSR count). The topological polar surface area (TPSA) is 68.8 Å². The molecule has 9 heteroatoms. The molecule has 0 saturated carbocycles. The van der Waals surface area contributed by atoms with Crippen LogP contribution in [0.1, 0.15) is 11.1 Å². The highest BCUT2D eigenvalue weighted by Crippen LogP contribution is 2.28. The molecule has 8 nitrogen and oxygen atoms in total. The van der Waals surface area contributed by atoms with E-state index in [-0.39, 0.29) is 0 Å². The summed E-state index contributed by atoms with van der Waals surface area (Å²) in [4.78, 5) is 16.8. The first-order valence-corrected chi connectivity index (χ1v) is 12.9. The van der Waals surface area contributed by atoms with Gasteiger partial charge in [-0.05, 0) is 41.9 Å². The van der Waals surface area contributed by atoms with Gasteiger partial charge in [-0.3, -0.25) is 0 Å². The maximum absolute atomic E-state index is 5.48. The van der Waals surface area contributed by atoms with Crippen LogP contribution in [0.15, 0.2) is 60.7 Å². The van der Waals surface area contributed by atoms with E-state index in [9.17, 15) is 0 Å². The summed E-state index contributed by atoms with van der Waals surface area (Å²) in [6, 6.07) is 21.4. The number of hydrogen-bond acceptors (Lipinski definition) is 7. The summed E-state index contributed by atoms with van der Waals surface area (Å²) in [5.41, 5.74) is 4.04. The molecule has 0 radical (unpaired) electrons. The lowest BCUT2D eigenvalue weighted by Gasteiger charge is -2.37. The first-order valence-electron chi connectivity index (χ1n) is 12.5. The third-order valence-electron chi connectivity index (χ3n) is 6.70. The Morgan fingerprint density at radius 3 is 2.28 bits per heavy atom. The van der Waals surface area contributed by atoms with Crippen LogP contribution < -0.4 is 25.3 Å². The quantitative estimate of drug-likeness (QED) is 0.373. The smallest absolute Gasteiger partial charge is 0.232 e. The molecular weight excluding hydrogens is 470 g/mol. The Labute approximate surface area is 218 Å². The van der Waals surface area contributed by atoms with Gasteiger partial charge in [0.15, 0.2) is 5.11 Å². The largest absolute Gasteiger partial charge is 0.383 e. The maximum Gasteiger partial charge on any atom is 0.232 e. The third-order valence-corrected chi connectivity index (χ3v) is 6.94. The van der Waals surface area contributed by atoms with Crippen LogP contribution in [0.2, 0.25) is 0 Å². The molecule has 1 saturated heterocycles. The average Bonchev–Trinajstić information content (AvgIpc) is 2.93. The minimum Gasteiger partial charge on any atom is -0.383 e. The minimum absolute atomic E-state index is 0.494. The molecule has 188 valence electrons. The highest BCUT2D eigenvalue weighted by Gasteiger charge is 2.23. The lowest BCUT2D eigenvalue weighted by Crippen LogP contribution is -2.47. The molecule has 3 aromatic rings. The highest BCUT2D eigenvalue weighted by atomic mass is 32.1. The van der Waals surface area contributed by atoms with Crippen molar-refractivity contribution in [2.45, 2.75) is 13.0 Å². The SMILES string of the molecule is COCCNC(=S)Nc1nc(N2CCN(c3ccccc3)CC2)cc(N2CCc3ccccc3C2)n1. The first-order chi connectivity index (χ1) is 17.7.